The van der Waals surface area contributed by atoms with Crippen LogP contribution in [0.15, 0.2) is 76.4 Å². The topological polar surface area (TPSA) is 91.2 Å². The number of nitrogens with one attached hydrogen (secondary N) is 1. The molecule has 154 valence electrons. The molecule has 30 heavy (non-hydrogen) atoms. The summed E-state index contributed by atoms with van der Waals surface area (Å²) in [5.41, 5.74) is 2.30. The minimum absolute atomic E-state index is 0.0857. The predicted octanol–water partition coefficient (Wildman–Crippen LogP) is 2.48. The third kappa shape index (κ3) is 4.46. The van der Waals surface area contributed by atoms with E-state index in [-0.39, 0.29) is 12.3 Å². The number of rotatable bonds is 5. The van der Waals surface area contributed by atoms with Crippen molar-refractivity contribution in [2.75, 3.05) is 6.54 Å². The maximum absolute atomic E-state index is 13.0. The summed E-state index contributed by atoms with van der Waals surface area (Å²) in [4.78, 5) is 20.9. The highest BCUT2D eigenvalue weighted by Crippen LogP contribution is 2.21. The summed E-state index contributed by atoms with van der Waals surface area (Å²) in [6.07, 6.45) is 2.65. The highest BCUT2D eigenvalue weighted by Gasteiger charge is 2.27. The Labute approximate surface area is 173 Å². The van der Waals surface area contributed by atoms with Crippen LogP contribution in [0.25, 0.3) is 0 Å². The first kappa shape index (κ1) is 20.0. The van der Waals surface area contributed by atoms with Gasteiger partial charge in [-0.15, -0.1) is 0 Å². The highest BCUT2D eigenvalue weighted by molar-refractivity contribution is 7.88. The first-order chi connectivity index (χ1) is 14.4. The molecular weight excluding hydrogens is 407 g/mol. The normalized spacial score (nSPS) is 18.3. The molecule has 2 aromatic rings. The van der Waals surface area contributed by atoms with E-state index in [9.17, 15) is 17.6 Å². The molecule has 0 aliphatic carbocycles. The zero-order valence-electron chi connectivity index (χ0n) is 15.9. The largest absolute Gasteiger partial charge is 0.312 e. The summed E-state index contributed by atoms with van der Waals surface area (Å²) in [6, 6.07) is 14.2. The Balaban J connectivity index is 1.45. The van der Waals surface area contributed by atoms with Crippen LogP contribution in [0, 0.1) is 5.82 Å². The van der Waals surface area contributed by atoms with E-state index in [0.717, 1.165) is 5.56 Å². The van der Waals surface area contributed by atoms with E-state index in [4.69, 9.17) is 0 Å². The van der Waals surface area contributed by atoms with Gasteiger partial charge >= 0.3 is 0 Å². The number of aliphatic imine (C=N–C) groups is 2. The van der Waals surface area contributed by atoms with Crippen molar-refractivity contribution >= 4 is 27.9 Å². The second-order valence-corrected chi connectivity index (χ2v) is 8.82. The van der Waals surface area contributed by atoms with E-state index < -0.39 is 28.0 Å². The van der Waals surface area contributed by atoms with Gasteiger partial charge in [0.25, 0.3) is 5.91 Å². The lowest BCUT2D eigenvalue weighted by atomic mass is 10.1. The smallest absolute Gasteiger partial charge is 0.254 e. The van der Waals surface area contributed by atoms with Gasteiger partial charge in [0.15, 0.2) is 0 Å². The summed E-state index contributed by atoms with van der Waals surface area (Å²) in [7, 11) is -3.52. The summed E-state index contributed by atoms with van der Waals surface area (Å²) in [5.74, 6) is -0.930. The van der Waals surface area contributed by atoms with Crippen molar-refractivity contribution in [2.24, 2.45) is 9.98 Å². The summed E-state index contributed by atoms with van der Waals surface area (Å²) < 4.78 is 39.8. The first-order valence-electron chi connectivity index (χ1n) is 9.33. The van der Waals surface area contributed by atoms with Gasteiger partial charge in [0, 0.05) is 36.5 Å². The second-order valence-electron chi connectivity index (χ2n) is 6.89. The van der Waals surface area contributed by atoms with E-state index in [1.165, 1.54) is 41.0 Å². The molecule has 0 radical (unpaired) electrons. The van der Waals surface area contributed by atoms with Gasteiger partial charge < -0.3 is 5.32 Å². The first-order valence-corrected chi connectivity index (χ1v) is 10.9. The number of hydrogen-bond donors (Lipinski definition) is 1. The SMILES string of the molecule is O=C(NC1N=CC2=CN(S(=O)(=O)Cc3ccccc3)CCC2=N1)c1ccc(F)cc1. The van der Waals surface area contributed by atoms with Crippen molar-refractivity contribution in [1.82, 2.24) is 9.62 Å². The molecule has 4 rings (SSSR count). The maximum atomic E-state index is 13.0. The van der Waals surface area contributed by atoms with Crippen LogP contribution in [0.2, 0.25) is 0 Å². The van der Waals surface area contributed by atoms with Gasteiger partial charge in [-0.25, -0.2) is 22.8 Å². The van der Waals surface area contributed by atoms with Crippen molar-refractivity contribution in [2.45, 2.75) is 18.5 Å². The van der Waals surface area contributed by atoms with Gasteiger partial charge in [-0.1, -0.05) is 30.3 Å². The molecule has 0 saturated heterocycles. The molecule has 2 heterocycles. The van der Waals surface area contributed by atoms with Gasteiger partial charge in [0.1, 0.15) is 5.82 Å². The molecule has 0 saturated carbocycles. The minimum atomic E-state index is -3.52. The lowest BCUT2D eigenvalue weighted by Crippen LogP contribution is -2.39. The van der Waals surface area contributed by atoms with Crippen molar-refractivity contribution < 1.29 is 17.6 Å². The van der Waals surface area contributed by atoms with Crippen LogP contribution >= 0.6 is 0 Å². The number of carbonyl (C=O) groups excluding carboxylic acids is 1. The Morgan fingerprint density at radius 1 is 1.13 bits per heavy atom. The lowest BCUT2D eigenvalue weighted by molar-refractivity contribution is 0.0940. The second kappa shape index (κ2) is 8.19. The lowest BCUT2D eigenvalue weighted by Gasteiger charge is -2.28. The predicted molar refractivity (Wildman–Crippen MR) is 112 cm³/mol. The van der Waals surface area contributed by atoms with E-state index in [0.29, 0.717) is 23.3 Å². The van der Waals surface area contributed by atoms with Crippen molar-refractivity contribution in [1.29, 1.82) is 0 Å². The van der Waals surface area contributed by atoms with Crippen LogP contribution in [0.4, 0.5) is 4.39 Å². The monoisotopic (exact) mass is 426 g/mol. The zero-order chi connectivity index (χ0) is 21.1. The van der Waals surface area contributed by atoms with Crippen molar-refractivity contribution in [3.05, 3.63) is 83.3 Å². The van der Waals surface area contributed by atoms with Crippen molar-refractivity contribution in [3.8, 4) is 0 Å². The Morgan fingerprint density at radius 2 is 1.87 bits per heavy atom. The Bertz CT molecular complexity index is 1140. The van der Waals surface area contributed by atoms with Crippen LogP contribution in [-0.2, 0) is 15.8 Å². The molecule has 9 heteroatoms. The number of fused-ring (bicyclic) bond motifs is 1. The standard InChI is InChI=1S/C21H19FN4O3S/c22-18-8-6-16(7-9-18)20(27)25-21-23-12-17-13-26(11-10-19(17)24-21)30(28,29)14-15-4-2-1-3-5-15/h1-9,12-13,21H,10-11,14H2,(H,25,27). The molecule has 7 nitrogen and oxygen atoms in total. The van der Waals surface area contributed by atoms with Gasteiger partial charge in [-0.05, 0) is 29.8 Å². The maximum Gasteiger partial charge on any atom is 0.254 e. The molecule has 0 aromatic heterocycles. The Kier molecular flexibility index (Phi) is 5.45. The van der Waals surface area contributed by atoms with E-state index >= 15 is 0 Å². The number of benzene rings is 2. The fraction of sp³-hybridized carbons (Fsp3) is 0.190. The molecule has 0 fully saturated rings. The highest BCUT2D eigenvalue weighted by atomic mass is 32.2. The molecule has 2 aliphatic heterocycles. The number of halogens is 1. The Hall–Kier alpha value is -3.33. The molecule has 2 aromatic carbocycles. The van der Waals surface area contributed by atoms with Crippen molar-refractivity contribution in [3.63, 3.8) is 0 Å². The van der Waals surface area contributed by atoms with Crippen LogP contribution in [0.1, 0.15) is 22.3 Å². The fourth-order valence-corrected chi connectivity index (χ4v) is 4.62. The zero-order valence-corrected chi connectivity index (χ0v) is 16.7. The summed E-state index contributed by atoms with van der Waals surface area (Å²) in [5, 5.41) is 2.66. The van der Waals surface area contributed by atoms with Gasteiger partial charge in [0.2, 0.25) is 16.3 Å². The third-order valence-electron chi connectivity index (χ3n) is 4.73. The summed E-state index contributed by atoms with van der Waals surface area (Å²) in [6.45, 7) is 0.268. The van der Waals surface area contributed by atoms with E-state index in [1.807, 2.05) is 6.07 Å². The molecule has 1 unspecified atom stereocenters. The number of hydrogen-bond acceptors (Lipinski definition) is 5. The third-order valence-corrected chi connectivity index (χ3v) is 6.43. The molecule has 2 aliphatic rings. The van der Waals surface area contributed by atoms with Gasteiger partial charge in [-0.3, -0.25) is 9.10 Å². The molecule has 1 amide bonds. The van der Waals surface area contributed by atoms with Gasteiger partial charge in [-0.2, -0.15) is 0 Å². The number of carbonyl (C=O) groups is 1. The molecular formula is C21H19FN4O3S. The number of nitrogens with zero attached hydrogens (tertiary/aromatic N) is 3. The number of allylic oxidation sites excluding steroid dienone is 1. The average Bonchev–Trinajstić information content (AvgIpc) is 2.74. The van der Waals surface area contributed by atoms with Crippen LogP contribution < -0.4 is 5.32 Å². The molecule has 0 bridgehead atoms. The summed E-state index contributed by atoms with van der Waals surface area (Å²) >= 11 is 0. The molecule has 1 atom stereocenters. The fourth-order valence-electron chi connectivity index (χ4n) is 3.19. The molecule has 0 spiro atoms. The molecule has 1 N–H and O–H groups in total. The van der Waals surface area contributed by atoms with E-state index in [1.54, 1.807) is 24.3 Å². The van der Waals surface area contributed by atoms with Crippen LogP contribution in [-0.4, -0.2) is 43.4 Å². The Morgan fingerprint density at radius 3 is 2.60 bits per heavy atom. The van der Waals surface area contributed by atoms with E-state index in [2.05, 4.69) is 15.3 Å². The van der Waals surface area contributed by atoms with Crippen LogP contribution in [0.3, 0.4) is 0 Å². The quantitative estimate of drug-likeness (QED) is 0.796. The van der Waals surface area contributed by atoms with Gasteiger partial charge in [0.05, 0.1) is 11.5 Å². The average molecular weight is 426 g/mol. The van der Waals surface area contributed by atoms with Crippen LogP contribution in [0.5, 0.6) is 0 Å². The number of amides is 1. The number of sulfonamides is 1. The minimum Gasteiger partial charge on any atom is -0.312 e.